The molecule has 70 heavy (non-hydrogen) atoms. The predicted molar refractivity (Wildman–Crippen MR) is 274 cm³/mol. The number of aryl methyl sites for hydroxylation is 2. The molecule has 0 saturated heterocycles. The monoisotopic (exact) mass is 1020 g/mol. The average Bonchev–Trinajstić information content (AvgIpc) is 3.22. The Bertz CT molecular complexity index is 2070. The number of amides is 2. The van der Waals surface area contributed by atoms with Gasteiger partial charge in [0.25, 0.3) is 0 Å². The van der Waals surface area contributed by atoms with Gasteiger partial charge in [0.1, 0.15) is 0 Å². The van der Waals surface area contributed by atoms with E-state index in [0.717, 1.165) is 107 Å². The molecule has 2 aliphatic carbocycles. The number of phosphoric acid groups is 2. The number of quaternary nitrogens is 2. The summed E-state index contributed by atoms with van der Waals surface area (Å²) in [5.74, 6) is -0.907. The van der Waals surface area contributed by atoms with Crippen LogP contribution < -0.4 is 32.3 Å². The number of nitrogens with zero attached hydrogens (tertiary/aromatic N) is 2. The summed E-state index contributed by atoms with van der Waals surface area (Å²) >= 11 is 0. The van der Waals surface area contributed by atoms with Crippen molar-refractivity contribution in [3.8, 4) is 11.5 Å². The first kappa shape index (κ1) is 63.7. The van der Waals surface area contributed by atoms with E-state index in [1.165, 1.54) is 0 Å². The summed E-state index contributed by atoms with van der Waals surface area (Å²) < 4.78 is 30.9. The highest BCUT2D eigenvalue weighted by atomic mass is 31.2. The zero-order valence-electron chi connectivity index (χ0n) is 42.7. The van der Waals surface area contributed by atoms with Gasteiger partial charge in [-0.15, -0.1) is 11.5 Å². The fourth-order valence-electron chi connectivity index (χ4n) is 9.16. The summed E-state index contributed by atoms with van der Waals surface area (Å²) in [4.78, 5) is 62.4. The minimum Gasteiger partial charge on any atom is -0.872 e. The number of carbonyl (C=O) groups is 2. The summed E-state index contributed by atoms with van der Waals surface area (Å²) in [5, 5.41) is 47.0. The van der Waals surface area contributed by atoms with Crippen LogP contribution in [0.5, 0.6) is 11.5 Å². The third-order valence-corrected chi connectivity index (χ3v) is 13.6. The van der Waals surface area contributed by atoms with Crippen LogP contribution in [-0.2, 0) is 31.0 Å². The molecule has 0 heterocycles. The molecule has 0 saturated carbocycles. The maximum Gasteiger partial charge on any atom is 0.469 e. The lowest BCUT2D eigenvalue weighted by molar-refractivity contribution is -0.270. The number of hydrogen-bond acceptors (Lipinski definition) is 8. The molecule has 0 radical (unpaired) electrons. The van der Waals surface area contributed by atoms with Crippen LogP contribution in [-0.4, -0.2) is 68.3 Å². The van der Waals surface area contributed by atoms with E-state index < -0.39 is 27.8 Å². The lowest BCUT2D eigenvalue weighted by Gasteiger charge is -2.36. The summed E-state index contributed by atoms with van der Waals surface area (Å²) in [5.41, 5.74) is 7.32. The molecule has 14 N–H and O–H groups in total. The maximum atomic E-state index is 13.4. The van der Waals surface area contributed by atoms with E-state index in [1.807, 2.05) is 27.7 Å². The second-order valence-electron chi connectivity index (χ2n) is 18.3. The quantitative estimate of drug-likeness (QED) is 0.0275. The van der Waals surface area contributed by atoms with E-state index in [9.17, 15) is 39.1 Å². The summed E-state index contributed by atoms with van der Waals surface area (Å²) in [6, 6.07) is 6.83. The highest BCUT2D eigenvalue weighted by Crippen LogP contribution is 2.48. The van der Waals surface area contributed by atoms with Crippen molar-refractivity contribution < 1.29 is 67.8 Å². The molecule has 2 aromatic rings. The van der Waals surface area contributed by atoms with Crippen molar-refractivity contribution in [2.24, 2.45) is 11.8 Å². The van der Waals surface area contributed by atoms with Gasteiger partial charge < -0.3 is 52.3 Å². The molecule has 396 valence electrons. The molecule has 2 aromatic carbocycles. The van der Waals surface area contributed by atoms with Gasteiger partial charge in [-0.3, -0.25) is 18.8 Å². The Hall–Kier alpha value is -4.32. The molecule has 2 aliphatic rings. The van der Waals surface area contributed by atoms with Gasteiger partial charge in [0.05, 0.1) is 24.6 Å². The molecule has 20 heteroatoms. The topological polar surface area (TPSA) is 334 Å². The molecule has 0 spiro atoms. The van der Waals surface area contributed by atoms with Crippen molar-refractivity contribution >= 4 is 39.2 Å². The highest BCUT2D eigenvalue weighted by molar-refractivity contribution is 7.46. The number of anilines is 2. The fourth-order valence-corrected chi connectivity index (χ4v) is 9.90. The number of unbranched alkanes of at least 4 members (excludes halogenated alkanes) is 4. The molecule has 4 atom stereocenters. The standard InChI is InChI=1S/2C25H38NO7P.2H3N/c2*1-5-6-7-9-19-15-22(26(25(28)29)12-8-13-33-34(30,31)32)24(23(27)16-19)21-14-18(4)10-11-20(21)17(2)3;;/h2*14-16,20-21,27H,2,5-13H2,1,3-4H3,(H,28,29)(H2,30,31,32);2*1H3/t2*20-,21+;;/m00../s1. The Morgan fingerprint density at radius 1 is 0.643 bits per heavy atom. The normalized spacial score (nSPS) is 17.9. The molecule has 4 rings (SSSR count). The van der Waals surface area contributed by atoms with E-state index in [2.05, 4.69) is 48.2 Å². The zero-order valence-corrected chi connectivity index (χ0v) is 44.4. The molecule has 0 unspecified atom stereocenters. The summed E-state index contributed by atoms with van der Waals surface area (Å²) in [7, 11) is -9.29. The van der Waals surface area contributed by atoms with Gasteiger partial charge in [-0.05, 0) is 138 Å². The zero-order chi connectivity index (χ0) is 50.9. The number of benzene rings is 2. The second-order valence-corrected chi connectivity index (χ2v) is 20.7. The minimum absolute atomic E-state index is 0. The van der Waals surface area contributed by atoms with Gasteiger partial charge in [0.2, 0.25) is 0 Å². The van der Waals surface area contributed by atoms with Crippen molar-refractivity contribution in [1.29, 1.82) is 0 Å². The number of allylic oxidation sites excluding steroid dienone is 6. The van der Waals surface area contributed by atoms with Crippen molar-refractivity contribution in [3.63, 3.8) is 0 Å². The molecule has 0 bridgehead atoms. The fraction of sp³-hybridized carbons (Fsp3) is 0.560. The Balaban J connectivity index is 0.000000681. The van der Waals surface area contributed by atoms with Crippen LogP contribution >= 0.6 is 15.6 Å². The molecule has 2 amide bonds. The predicted octanol–water partition coefficient (Wildman–Crippen LogP) is 11.7. The third kappa shape index (κ3) is 20.1. The first-order valence-corrected chi connectivity index (χ1v) is 26.7. The Kier molecular flexibility index (Phi) is 27.2. The number of phosphoric ester groups is 2. The van der Waals surface area contributed by atoms with E-state index in [0.29, 0.717) is 35.3 Å². The largest absolute Gasteiger partial charge is 0.872 e. The van der Waals surface area contributed by atoms with Gasteiger partial charge in [0, 0.05) is 24.9 Å². The third-order valence-electron chi connectivity index (χ3n) is 12.5. The van der Waals surface area contributed by atoms with E-state index in [4.69, 9.17) is 19.6 Å². The maximum absolute atomic E-state index is 13.4. The molecule has 0 aromatic heterocycles. The minimum atomic E-state index is -4.64. The Morgan fingerprint density at radius 2 is 0.986 bits per heavy atom. The first-order valence-electron chi connectivity index (χ1n) is 23.6. The number of hydrogen-bond donors (Lipinski definition) is 8. The van der Waals surface area contributed by atoms with Crippen LogP contribution in [0.25, 0.3) is 0 Å². The van der Waals surface area contributed by atoms with Gasteiger partial charge in [0.15, 0.2) is 0 Å². The van der Waals surface area contributed by atoms with Crippen LogP contribution in [0, 0.1) is 11.8 Å². The lowest BCUT2D eigenvalue weighted by Crippen LogP contribution is -2.33. The first-order chi connectivity index (χ1) is 31.9. The van der Waals surface area contributed by atoms with E-state index in [1.54, 1.807) is 24.3 Å². The van der Waals surface area contributed by atoms with Gasteiger partial charge in [-0.25, -0.2) is 18.7 Å². The van der Waals surface area contributed by atoms with Crippen LogP contribution in [0.2, 0.25) is 0 Å². The summed E-state index contributed by atoms with van der Waals surface area (Å²) in [6.07, 6.45) is 12.5. The van der Waals surface area contributed by atoms with Crippen molar-refractivity contribution in [2.45, 2.75) is 143 Å². The smallest absolute Gasteiger partial charge is 0.469 e. The Labute approximate surface area is 414 Å². The van der Waals surface area contributed by atoms with Crippen LogP contribution in [0.15, 0.2) is 71.9 Å². The number of carboxylic acid groups (broad SMARTS) is 2. The number of rotatable bonds is 24. The summed E-state index contributed by atoms with van der Waals surface area (Å²) in [6.45, 7) is 19.6. The van der Waals surface area contributed by atoms with E-state index in [-0.39, 0.29) is 86.6 Å². The molecule has 18 nitrogen and oxygen atoms in total. The van der Waals surface area contributed by atoms with Gasteiger partial charge >= 0.3 is 27.8 Å². The second kappa shape index (κ2) is 29.9. The van der Waals surface area contributed by atoms with E-state index >= 15 is 0 Å². The Morgan fingerprint density at radius 3 is 1.27 bits per heavy atom. The molecular formula is C50H82N4O14P2. The highest BCUT2D eigenvalue weighted by Gasteiger charge is 2.33. The average molecular weight is 1030 g/mol. The molecule has 0 aliphatic heterocycles. The van der Waals surface area contributed by atoms with Crippen molar-refractivity contribution in [1.82, 2.24) is 12.3 Å². The molecule has 0 fully saturated rings. The van der Waals surface area contributed by atoms with Gasteiger partial charge in [-0.2, -0.15) is 0 Å². The van der Waals surface area contributed by atoms with Gasteiger partial charge in [-0.1, -0.05) is 99.3 Å². The van der Waals surface area contributed by atoms with Crippen LogP contribution in [0.3, 0.4) is 0 Å². The van der Waals surface area contributed by atoms with Crippen LogP contribution in [0.1, 0.15) is 153 Å². The van der Waals surface area contributed by atoms with Crippen LogP contribution in [0.4, 0.5) is 21.0 Å². The lowest BCUT2D eigenvalue weighted by atomic mass is 9.73. The SMILES string of the molecule is C=C(C)[C@@H]1CCC(C)=C[C@H]1c1c([O-])cc(CCCCC)cc1N(CCCOP(=O)(O)O)C(=O)O.C=C(C)[C@@H]1CCC(C)=C[C@H]1c1c([O-])cc(CCCCC)cc1N(CCCOP(=O)(O)O)C(=O)O.[NH4+].[NH4+]. The molecular weight excluding hydrogens is 943 g/mol. The van der Waals surface area contributed by atoms with Crippen molar-refractivity contribution in [3.05, 3.63) is 94.1 Å². The van der Waals surface area contributed by atoms with Crippen molar-refractivity contribution in [2.75, 3.05) is 36.1 Å².